The summed E-state index contributed by atoms with van der Waals surface area (Å²) in [5, 5.41) is 15.1. The molecule has 27 heavy (non-hydrogen) atoms. The minimum absolute atomic E-state index is 0.0312. The molecule has 1 saturated heterocycles. The lowest BCUT2D eigenvalue weighted by atomic mass is 9.95. The van der Waals surface area contributed by atoms with E-state index < -0.39 is 17.8 Å². The maximum atomic E-state index is 12.8. The van der Waals surface area contributed by atoms with E-state index in [1.54, 1.807) is 6.07 Å². The fourth-order valence-corrected chi connectivity index (χ4v) is 3.62. The minimum atomic E-state index is -4.37. The zero-order chi connectivity index (χ0) is 19.0. The molecule has 0 bridgehead atoms. The number of aliphatic hydroxyl groups excluding tert-OH is 1. The highest BCUT2D eigenvalue weighted by Gasteiger charge is 2.30. The Kier molecular flexibility index (Phi) is 4.61. The molecule has 2 heterocycles. The van der Waals surface area contributed by atoms with Crippen LogP contribution in [0.2, 0.25) is 0 Å². The van der Waals surface area contributed by atoms with Gasteiger partial charge in [0.1, 0.15) is 0 Å². The van der Waals surface area contributed by atoms with Gasteiger partial charge in [-0.2, -0.15) is 13.2 Å². The number of hydrogen-bond acceptors (Lipinski definition) is 3. The van der Waals surface area contributed by atoms with Crippen molar-refractivity contribution in [1.29, 1.82) is 0 Å². The number of halogens is 3. The first-order valence-corrected chi connectivity index (χ1v) is 8.92. The van der Waals surface area contributed by atoms with E-state index in [9.17, 15) is 18.3 Å². The van der Waals surface area contributed by atoms with E-state index in [0.717, 1.165) is 42.5 Å². The van der Waals surface area contributed by atoms with Gasteiger partial charge in [-0.1, -0.05) is 30.3 Å². The summed E-state index contributed by atoms with van der Waals surface area (Å²) in [7, 11) is 0. The summed E-state index contributed by atoms with van der Waals surface area (Å²) in [4.78, 5) is 4.59. The molecule has 0 amide bonds. The van der Waals surface area contributed by atoms with Crippen LogP contribution >= 0.6 is 0 Å². The van der Waals surface area contributed by atoms with Gasteiger partial charge in [0.25, 0.3) is 0 Å². The summed E-state index contributed by atoms with van der Waals surface area (Å²) in [5.74, 6) is 0. The second kappa shape index (κ2) is 6.94. The van der Waals surface area contributed by atoms with E-state index in [2.05, 4.69) is 10.3 Å². The number of nitrogens with one attached hydrogen (secondary N) is 1. The molecule has 3 nitrogen and oxygen atoms in total. The number of alkyl halides is 3. The SMILES string of the molecule is OC(c1cc(-c2ccc(C(F)(F)F)cc2)nc2ccccc12)C1CCCN1. The van der Waals surface area contributed by atoms with Crippen molar-refractivity contribution < 1.29 is 18.3 Å². The predicted octanol–water partition coefficient (Wildman–Crippen LogP) is 4.71. The minimum Gasteiger partial charge on any atom is -0.387 e. The fourth-order valence-electron chi connectivity index (χ4n) is 3.62. The number of benzene rings is 2. The summed E-state index contributed by atoms with van der Waals surface area (Å²) in [6, 6.07) is 14.2. The molecule has 0 radical (unpaired) electrons. The van der Waals surface area contributed by atoms with Gasteiger partial charge in [-0.25, -0.2) is 4.98 Å². The van der Waals surface area contributed by atoms with Crippen molar-refractivity contribution >= 4 is 10.9 Å². The Morgan fingerprint density at radius 3 is 2.48 bits per heavy atom. The number of fused-ring (bicyclic) bond motifs is 1. The van der Waals surface area contributed by atoms with Gasteiger partial charge in [0, 0.05) is 17.0 Å². The highest BCUT2D eigenvalue weighted by Crippen LogP contribution is 2.34. The van der Waals surface area contributed by atoms with Gasteiger partial charge in [-0.3, -0.25) is 0 Å². The molecular formula is C21H19F3N2O. The molecule has 2 N–H and O–H groups in total. The number of rotatable bonds is 3. The number of aliphatic hydroxyl groups is 1. The Morgan fingerprint density at radius 2 is 1.81 bits per heavy atom. The molecule has 0 aliphatic carbocycles. The van der Waals surface area contributed by atoms with Crippen LogP contribution in [0.3, 0.4) is 0 Å². The van der Waals surface area contributed by atoms with Gasteiger partial charge in [0.2, 0.25) is 0 Å². The van der Waals surface area contributed by atoms with Gasteiger partial charge in [-0.15, -0.1) is 0 Å². The van der Waals surface area contributed by atoms with Crippen LogP contribution in [-0.2, 0) is 6.18 Å². The van der Waals surface area contributed by atoms with E-state index in [1.807, 2.05) is 24.3 Å². The Hall–Kier alpha value is -2.44. The van der Waals surface area contributed by atoms with Gasteiger partial charge in [-0.05, 0) is 49.2 Å². The molecule has 2 aromatic carbocycles. The van der Waals surface area contributed by atoms with E-state index in [-0.39, 0.29) is 6.04 Å². The van der Waals surface area contributed by atoms with Crippen molar-refractivity contribution in [3.63, 3.8) is 0 Å². The summed E-state index contributed by atoms with van der Waals surface area (Å²) in [6.07, 6.45) is -3.18. The van der Waals surface area contributed by atoms with Crippen LogP contribution in [0.5, 0.6) is 0 Å². The highest BCUT2D eigenvalue weighted by molar-refractivity contribution is 5.85. The molecule has 2 atom stereocenters. The lowest BCUT2D eigenvalue weighted by Crippen LogP contribution is -2.28. The topological polar surface area (TPSA) is 45.2 Å². The van der Waals surface area contributed by atoms with Crippen LogP contribution in [0.15, 0.2) is 54.6 Å². The average molecular weight is 372 g/mol. The first-order chi connectivity index (χ1) is 12.9. The van der Waals surface area contributed by atoms with E-state index in [1.165, 1.54) is 12.1 Å². The maximum absolute atomic E-state index is 12.8. The molecule has 0 spiro atoms. The number of hydrogen-bond donors (Lipinski definition) is 2. The molecule has 2 unspecified atom stereocenters. The number of pyridine rings is 1. The van der Waals surface area contributed by atoms with Gasteiger partial charge in [0.15, 0.2) is 0 Å². The van der Waals surface area contributed by atoms with E-state index in [0.29, 0.717) is 16.8 Å². The number of para-hydroxylation sites is 1. The third-order valence-electron chi connectivity index (χ3n) is 5.05. The second-order valence-corrected chi connectivity index (χ2v) is 6.84. The first-order valence-electron chi connectivity index (χ1n) is 8.92. The van der Waals surface area contributed by atoms with Crippen molar-refractivity contribution in [3.8, 4) is 11.3 Å². The molecular weight excluding hydrogens is 353 g/mol. The fraction of sp³-hybridized carbons (Fsp3) is 0.286. The second-order valence-electron chi connectivity index (χ2n) is 6.84. The summed E-state index contributed by atoms with van der Waals surface area (Å²) < 4.78 is 38.5. The van der Waals surface area contributed by atoms with Crippen molar-refractivity contribution in [2.75, 3.05) is 6.54 Å². The Morgan fingerprint density at radius 1 is 1.07 bits per heavy atom. The molecule has 140 valence electrons. The van der Waals surface area contributed by atoms with Gasteiger partial charge < -0.3 is 10.4 Å². The van der Waals surface area contributed by atoms with E-state index in [4.69, 9.17) is 0 Å². The zero-order valence-electron chi connectivity index (χ0n) is 14.5. The van der Waals surface area contributed by atoms with Crippen LogP contribution < -0.4 is 5.32 Å². The van der Waals surface area contributed by atoms with Crippen LogP contribution in [0.1, 0.15) is 30.1 Å². The normalized spacial score (nSPS) is 18.7. The molecule has 4 rings (SSSR count). The van der Waals surface area contributed by atoms with Crippen molar-refractivity contribution in [3.05, 3.63) is 65.7 Å². The van der Waals surface area contributed by atoms with Gasteiger partial charge >= 0.3 is 6.18 Å². The molecule has 3 aromatic rings. The third kappa shape index (κ3) is 3.55. The monoisotopic (exact) mass is 372 g/mol. The maximum Gasteiger partial charge on any atom is 0.416 e. The first kappa shape index (κ1) is 17.9. The Balaban J connectivity index is 1.79. The lowest BCUT2D eigenvalue weighted by molar-refractivity contribution is -0.137. The summed E-state index contributed by atoms with van der Waals surface area (Å²) in [5.41, 5.74) is 1.90. The molecule has 0 saturated carbocycles. The van der Waals surface area contributed by atoms with Crippen LogP contribution in [0.4, 0.5) is 13.2 Å². The van der Waals surface area contributed by atoms with Crippen LogP contribution in [-0.4, -0.2) is 22.7 Å². The zero-order valence-corrected chi connectivity index (χ0v) is 14.5. The number of aromatic nitrogens is 1. The highest BCUT2D eigenvalue weighted by atomic mass is 19.4. The standard InChI is InChI=1S/C21H19F3N2O/c22-21(23,24)14-9-7-13(8-10-14)19-12-16(20(27)18-6-3-11-25-18)15-4-1-2-5-17(15)26-19/h1-2,4-5,7-10,12,18,20,25,27H,3,6,11H2. The molecule has 1 aliphatic rings. The van der Waals surface area contributed by atoms with Crippen LogP contribution in [0, 0.1) is 0 Å². The third-order valence-corrected chi connectivity index (χ3v) is 5.05. The Bertz CT molecular complexity index is 948. The number of nitrogens with zero attached hydrogens (tertiary/aromatic N) is 1. The van der Waals surface area contributed by atoms with Crippen molar-refractivity contribution in [2.24, 2.45) is 0 Å². The molecule has 1 aliphatic heterocycles. The van der Waals surface area contributed by atoms with Crippen LogP contribution in [0.25, 0.3) is 22.2 Å². The van der Waals surface area contributed by atoms with Gasteiger partial charge in [0.05, 0.1) is 22.9 Å². The molecule has 1 aromatic heterocycles. The van der Waals surface area contributed by atoms with E-state index >= 15 is 0 Å². The smallest absolute Gasteiger partial charge is 0.387 e. The summed E-state index contributed by atoms with van der Waals surface area (Å²) >= 11 is 0. The largest absolute Gasteiger partial charge is 0.416 e. The lowest BCUT2D eigenvalue weighted by Gasteiger charge is -2.21. The predicted molar refractivity (Wildman–Crippen MR) is 98.2 cm³/mol. The quantitative estimate of drug-likeness (QED) is 0.700. The summed E-state index contributed by atoms with van der Waals surface area (Å²) in [6.45, 7) is 0.872. The Labute approximate surface area is 154 Å². The molecule has 1 fully saturated rings. The van der Waals surface area contributed by atoms with Crippen molar-refractivity contribution in [2.45, 2.75) is 31.2 Å². The molecule has 6 heteroatoms. The van der Waals surface area contributed by atoms with Crippen molar-refractivity contribution in [1.82, 2.24) is 10.3 Å². The average Bonchev–Trinajstić information content (AvgIpc) is 3.21.